The Balaban J connectivity index is 1.59. The Kier molecular flexibility index (Phi) is 6.30. The molecule has 3 aromatic rings. The molecule has 29 heavy (non-hydrogen) atoms. The number of non-ortho nitro benzene ring substituents is 1. The predicted octanol–water partition coefficient (Wildman–Crippen LogP) is 3.99. The molecule has 0 radical (unpaired) electrons. The fourth-order valence-corrected chi connectivity index (χ4v) is 3.10. The Morgan fingerprint density at radius 1 is 1.07 bits per heavy atom. The monoisotopic (exact) mass is 408 g/mol. The molecule has 0 atom stereocenters. The maximum atomic E-state index is 12.1. The van der Waals surface area contributed by atoms with Gasteiger partial charge < -0.3 is 5.32 Å². The van der Waals surface area contributed by atoms with E-state index >= 15 is 0 Å². The number of ketones is 1. The first kappa shape index (κ1) is 20.2. The van der Waals surface area contributed by atoms with Crippen LogP contribution in [0.2, 0.25) is 0 Å². The molecule has 9 heteroatoms. The third-order valence-electron chi connectivity index (χ3n) is 3.90. The zero-order chi connectivity index (χ0) is 20.8. The van der Waals surface area contributed by atoms with Gasteiger partial charge in [-0.2, -0.15) is 0 Å². The van der Waals surface area contributed by atoms with Crippen molar-refractivity contribution in [1.82, 2.24) is 10.2 Å². The molecule has 3 rings (SSSR count). The summed E-state index contributed by atoms with van der Waals surface area (Å²) in [6, 6.07) is 16.3. The lowest BCUT2D eigenvalue weighted by atomic mass is 10.1. The minimum Gasteiger partial charge on any atom is -0.325 e. The molecule has 0 aliphatic rings. The van der Waals surface area contributed by atoms with Crippen LogP contribution in [0.25, 0.3) is 11.3 Å². The average Bonchev–Trinajstić information content (AvgIpc) is 2.73. The first-order chi connectivity index (χ1) is 13.9. The molecule has 0 unspecified atom stereocenters. The van der Waals surface area contributed by atoms with E-state index < -0.39 is 4.92 Å². The van der Waals surface area contributed by atoms with Crippen molar-refractivity contribution >= 4 is 34.8 Å². The topological polar surface area (TPSA) is 115 Å². The summed E-state index contributed by atoms with van der Waals surface area (Å²) in [6.07, 6.45) is 0. The molecule has 0 saturated heterocycles. The molecule has 1 amide bonds. The summed E-state index contributed by atoms with van der Waals surface area (Å²) in [5.74, 6) is -0.190. The van der Waals surface area contributed by atoms with Gasteiger partial charge in [-0.15, -0.1) is 10.2 Å². The molecule has 1 heterocycles. The highest BCUT2D eigenvalue weighted by atomic mass is 32.2. The SMILES string of the molecule is CC(=O)c1cccc(NC(=O)CSc2ccc(-c3cccc([N+](=O)[O-])c3)nn2)c1. The van der Waals surface area contributed by atoms with Crippen molar-refractivity contribution in [3.63, 3.8) is 0 Å². The highest BCUT2D eigenvalue weighted by Crippen LogP contribution is 2.23. The zero-order valence-corrected chi connectivity index (χ0v) is 16.2. The Morgan fingerprint density at radius 3 is 2.55 bits per heavy atom. The number of carbonyl (C=O) groups excluding carboxylic acids is 2. The van der Waals surface area contributed by atoms with Crippen molar-refractivity contribution in [3.05, 3.63) is 76.3 Å². The summed E-state index contributed by atoms with van der Waals surface area (Å²) < 4.78 is 0. The number of nitro benzene ring substituents is 1. The normalized spacial score (nSPS) is 10.4. The molecule has 0 aliphatic heterocycles. The molecule has 8 nitrogen and oxygen atoms in total. The van der Waals surface area contributed by atoms with Gasteiger partial charge >= 0.3 is 0 Å². The van der Waals surface area contributed by atoms with Gasteiger partial charge in [0.1, 0.15) is 5.03 Å². The van der Waals surface area contributed by atoms with Crippen molar-refractivity contribution in [2.45, 2.75) is 11.9 Å². The number of benzene rings is 2. The van der Waals surface area contributed by atoms with E-state index in [2.05, 4.69) is 15.5 Å². The van der Waals surface area contributed by atoms with Crippen molar-refractivity contribution in [2.75, 3.05) is 11.1 Å². The number of thioether (sulfide) groups is 1. The summed E-state index contributed by atoms with van der Waals surface area (Å²) in [7, 11) is 0. The third-order valence-corrected chi connectivity index (χ3v) is 4.82. The van der Waals surface area contributed by atoms with Crippen LogP contribution in [0.3, 0.4) is 0 Å². The van der Waals surface area contributed by atoms with Crippen LogP contribution in [0.15, 0.2) is 65.7 Å². The lowest BCUT2D eigenvalue weighted by Crippen LogP contribution is -2.14. The standard InChI is InChI=1S/C20H16N4O4S/c1-13(25)14-4-2-6-16(10-14)21-19(26)12-29-20-9-8-18(22-23-20)15-5-3-7-17(11-15)24(27)28/h2-11H,12H2,1H3,(H,21,26). The van der Waals surface area contributed by atoms with Crippen LogP contribution in [-0.2, 0) is 4.79 Å². The molecule has 0 fully saturated rings. The number of anilines is 1. The first-order valence-electron chi connectivity index (χ1n) is 8.54. The minimum absolute atomic E-state index is 0.0201. The van der Waals surface area contributed by atoms with Gasteiger partial charge in [-0.1, -0.05) is 36.0 Å². The van der Waals surface area contributed by atoms with Gasteiger partial charge in [-0.05, 0) is 31.2 Å². The number of hydrogen-bond donors (Lipinski definition) is 1. The van der Waals surface area contributed by atoms with Crippen molar-refractivity contribution in [2.24, 2.45) is 0 Å². The van der Waals surface area contributed by atoms with Gasteiger partial charge in [0, 0.05) is 28.9 Å². The summed E-state index contributed by atoms with van der Waals surface area (Å²) in [5, 5.41) is 22.3. The molecular weight excluding hydrogens is 392 g/mol. The predicted molar refractivity (Wildman–Crippen MR) is 110 cm³/mol. The van der Waals surface area contributed by atoms with Gasteiger partial charge in [-0.3, -0.25) is 19.7 Å². The number of nitrogens with one attached hydrogen (secondary N) is 1. The lowest BCUT2D eigenvalue weighted by Gasteiger charge is -2.06. The molecule has 0 spiro atoms. The summed E-state index contributed by atoms with van der Waals surface area (Å²) in [6.45, 7) is 1.47. The number of Topliss-reactive ketones (excluding diaryl/α,β-unsaturated/α-hetero) is 1. The van der Waals surface area contributed by atoms with E-state index in [0.717, 1.165) is 0 Å². The average molecular weight is 408 g/mol. The fraction of sp³-hybridized carbons (Fsp3) is 0.100. The molecule has 146 valence electrons. The largest absolute Gasteiger partial charge is 0.325 e. The van der Waals surface area contributed by atoms with E-state index in [1.807, 2.05) is 0 Å². The van der Waals surface area contributed by atoms with Gasteiger partial charge in [0.15, 0.2) is 5.78 Å². The molecular formula is C20H16N4O4S. The van der Waals surface area contributed by atoms with E-state index in [1.165, 1.54) is 30.8 Å². The molecule has 1 N–H and O–H groups in total. The summed E-state index contributed by atoms with van der Waals surface area (Å²) >= 11 is 1.21. The van der Waals surface area contributed by atoms with Crippen molar-refractivity contribution < 1.29 is 14.5 Å². The van der Waals surface area contributed by atoms with E-state index in [4.69, 9.17) is 0 Å². The van der Waals surface area contributed by atoms with Crippen LogP contribution in [-0.4, -0.2) is 32.6 Å². The zero-order valence-electron chi connectivity index (χ0n) is 15.4. The number of hydrogen-bond acceptors (Lipinski definition) is 7. The second kappa shape index (κ2) is 9.07. The number of nitro groups is 1. The maximum absolute atomic E-state index is 12.1. The third kappa shape index (κ3) is 5.45. The van der Waals surface area contributed by atoms with Crippen LogP contribution < -0.4 is 5.32 Å². The van der Waals surface area contributed by atoms with Gasteiger partial charge in [-0.25, -0.2) is 0 Å². The van der Waals surface area contributed by atoms with E-state index in [1.54, 1.807) is 48.5 Å². The van der Waals surface area contributed by atoms with Crippen molar-refractivity contribution in [3.8, 4) is 11.3 Å². The van der Waals surface area contributed by atoms with Crippen LogP contribution in [0, 0.1) is 10.1 Å². The molecule has 0 bridgehead atoms. The maximum Gasteiger partial charge on any atom is 0.270 e. The highest BCUT2D eigenvalue weighted by Gasteiger charge is 2.10. The first-order valence-corrected chi connectivity index (χ1v) is 9.53. The minimum atomic E-state index is -0.466. The smallest absolute Gasteiger partial charge is 0.270 e. The van der Waals surface area contributed by atoms with Gasteiger partial charge in [0.25, 0.3) is 5.69 Å². The number of rotatable bonds is 7. The highest BCUT2D eigenvalue weighted by molar-refractivity contribution is 7.99. The number of nitrogens with zero attached hydrogens (tertiary/aromatic N) is 3. The fourth-order valence-electron chi connectivity index (χ4n) is 2.48. The van der Waals surface area contributed by atoms with E-state index in [-0.39, 0.29) is 23.1 Å². The quantitative estimate of drug-likeness (QED) is 0.272. The summed E-state index contributed by atoms with van der Waals surface area (Å²) in [4.78, 5) is 34.0. The molecule has 2 aromatic carbocycles. The molecule has 0 aliphatic carbocycles. The van der Waals surface area contributed by atoms with Crippen LogP contribution in [0.5, 0.6) is 0 Å². The molecule has 1 aromatic heterocycles. The van der Waals surface area contributed by atoms with Crippen LogP contribution in [0.4, 0.5) is 11.4 Å². The van der Waals surface area contributed by atoms with Gasteiger partial charge in [0.2, 0.25) is 5.91 Å². The second-order valence-corrected chi connectivity index (χ2v) is 7.03. The second-order valence-electron chi connectivity index (χ2n) is 6.04. The number of aromatic nitrogens is 2. The van der Waals surface area contributed by atoms with Crippen LogP contribution >= 0.6 is 11.8 Å². The van der Waals surface area contributed by atoms with Gasteiger partial charge in [0.05, 0.1) is 16.4 Å². The van der Waals surface area contributed by atoms with E-state index in [9.17, 15) is 19.7 Å². The van der Waals surface area contributed by atoms with Crippen molar-refractivity contribution in [1.29, 1.82) is 0 Å². The lowest BCUT2D eigenvalue weighted by molar-refractivity contribution is -0.384. The Morgan fingerprint density at radius 2 is 1.86 bits per heavy atom. The molecule has 0 saturated carbocycles. The number of amides is 1. The Hall–Kier alpha value is -3.59. The van der Waals surface area contributed by atoms with Crippen LogP contribution in [0.1, 0.15) is 17.3 Å². The summed E-state index contributed by atoms with van der Waals surface area (Å²) in [5.41, 5.74) is 2.15. The van der Waals surface area contributed by atoms with E-state index in [0.29, 0.717) is 27.5 Å². The Bertz CT molecular complexity index is 1070. The number of carbonyl (C=O) groups is 2. The Labute approximate surface area is 170 Å².